The number of hydrogen-bond acceptors (Lipinski definition) is 6. The van der Waals surface area contributed by atoms with Gasteiger partial charge in [-0.3, -0.25) is 9.59 Å². The summed E-state index contributed by atoms with van der Waals surface area (Å²) in [5.74, 6) is 2.46. The summed E-state index contributed by atoms with van der Waals surface area (Å²) in [6.07, 6.45) is 2.19. The molecule has 1 atom stereocenters. The number of rotatable bonds is 4. The van der Waals surface area contributed by atoms with E-state index in [1.54, 1.807) is 17.0 Å². The van der Waals surface area contributed by atoms with Crippen molar-refractivity contribution < 1.29 is 19.1 Å². The van der Waals surface area contributed by atoms with E-state index in [9.17, 15) is 9.59 Å². The van der Waals surface area contributed by atoms with E-state index in [0.717, 1.165) is 36.7 Å². The maximum absolute atomic E-state index is 12.6. The van der Waals surface area contributed by atoms with Crippen molar-refractivity contribution in [3.63, 3.8) is 0 Å². The number of hydrogen-bond donors (Lipinski definition) is 1. The van der Waals surface area contributed by atoms with E-state index in [0.29, 0.717) is 37.8 Å². The molecule has 3 aliphatic rings. The number of ether oxygens (including phenoxy) is 2. The Bertz CT molecular complexity index is 940. The fourth-order valence-corrected chi connectivity index (χ4v) is 3.98. The van der Waals surface area contributed by atoms with Crippen molar-refractivity contribution in [1.82, 2.24) is 20.1 Å². The molecule has 0 bridgehead atoms. The van der Waals surface area contributed by atoms with Crippen molar-refractivity contribution in [1.29, 1.82) is 0 Å². The molecule has 0 radical (unpaired) electrons. The molecule has 3 aliphatic heterocycles. The van der Waals surface area contributed by atoms with E-state index < -0.39 is 0 Å². The highest BCUT2D eigenvalue weighted by atomic mass is 16.6. The topological polar surface area (TPSA) is 98.6 Å². The van der Waals surface area contributed by atoms with Gasteiger partial charge in [-0.25, -0.2) is 0 Å². The third kappa shape index (κ3) is 2.96. The number of nitrogens with zero attached hydrogens (tertiary/aromatic N) is 4. The molecule has 1 fully saturated rings. The molecule has 4 heterocycles. The van der Waals surface area contributed by atoms with E-state index in [-0.39, 0.29) is 24.2 Å². The minimum atomic E-state index is -0.387. The van der Waals surface area contributed by atoms with Crippen molar-refractivity contribution in [3.05, 3.63) is 29.8 Å². The second-order valence-electron chi connectivity index (χ2n) is 7.24. The van der Waals surface area contributed by atoms with Gasteiger partial charge in [0.25, 0.3) is 0 Å². The van der Waals surface area contributed by atoms with Gasteiger partial charge < -0.3 is 24.3 Å². The Hall–Kier alpha value is -3.10. The van der Waals surface area contributed by atoms with Crippen LogP contribution in [0.4, 0.5) is 5.69 Å². The van der Waals surface area contributed by atoms with Gasteiger partial charge in [0, 0.05) is 37.7 Å². The molecule has 0 saturated carbocycles. The Morgan fingerprint density at radius 1 is 1.21 bits per heavy atom. The molecule has 0 spiro atoms. The van der Waals surface area contributed by atoms with Gasteiger partial charge in [-0.2, -0.15) is 0 Å². The van der Waals surface area contributed by atoms with Crippen molar-refractivity contribution in [2.24, 2.45) is 5.92 Å². The minimum absolute atomic E-state index is 0.0693. The van der Waals surface area contributed by atoms with Crippen LogP contribution in [0, 0.1) is 5.92 Å². The first kappa shape index (κ1) is 17.0. The van der Waals surface area contributed by atoms with Crippen LogP contribution in [0.5, 0.6) is 11.5 Å². The van der Waals surface area contributed by atoms with Crippen LogP contribution >= 0.6 is 0 Å². The lowest BCUT2D eigenvalue weighted by Gasteiger charge is -2.22. The number of fused-ring (bicyclic) bond motifs is 2. The first-order chi connectivity index (χ1) is 13.7. The second-order valence-corrected chi connectivity index (χ2v) is 7.24. The molecule has 1 aromatic carbocycles. The van der Waals surface area contributed by atoms with E-state index in [1.807, 2.05) is 6.07 Å². The molecule has 1 saturated heterocycles. The molecular formula is C19H21N5O4. The maximum Gasteiger partial charge on any atom is 0.227 e. The smallest absolute Gasteiger partial charge is 0.227 e. The summed E-state index contributed by atoms with van der Waals surface area (Å²) in [7, 11) is 0. The van der Waals surface area contributed by atoms with Crippen LogP contribution in [0.15, 0.2) is 18.2 Å². The standard InChI is InChI=1S/C19H21N5O4/c25-18-8-12(19(26)20-10-17-22-21-16-2-1-5-23(16)17)11-24(18)13-3-4-14-15(9-13)28-7-6-27-14/h3-4,9,12H,1-2,5-8,10-11H2,(H,20,26)/t12-/m1/s1. The van der Waals surface area contributed by atoms with Crippen LogP contribution in [0.1, 0.15) is 24.5 Å². The molecule has 146 valence electrons. The van der Waals surface area contributed by atoms with Crippen LogP contribution < -0.4 is 19.7 Å². The van der Waals surface area contributed by atoms with Crippen molar-refractivity contribution in [2.45, 2.75) is 32.4 Å². The van der Waals surface area contributed by atoms with E-state index in [2.05, 4.69) is 20.1 Å². The van der Waals surface area contributed by atoms with Crippen LogP contribution in [0.2, 0.25) is 0 Å². The Labute approximate surface area is 161 Å². The number of carbonyl (C=O) groups excluding carboxylic acids is 2. The summed E-state index contributed by atoms with van der Waals surface area (Å²) in [5.41, 5.74) is 0.722. The number of carbonyl (C=O) groups is 2. The molecule has 5 rings (SSSR count). The Morgan fingerprint density at radius 3 is 2.96 bits per heavy atom. The highest BCUT2D eigenvalue weighted by molar-refractivity contribution is 6.00. The van der Waals surface area contributed by atoms with Gasteiger partial charge in [-0.05, 0) is 18.6 Å². The molecule has 0 aliphatic carbocycles. The van der Waals surface area contributed by atoms with Gasteiger partial charge in [0.15, 0.2) is 17.3 Å². The summed E-state index contributed by atoms with van der Waals surface area (Å²) in [5, 5.41) is 11.2. The van der Waals surface area contributed by atoms with Gasteiger partial charge in [-0.1, -0.05) is 0 Å². The molecule has 28 heavy (non-hydrogen) atoms. The monoisotopic (exact) mass is 383 g/mol. The molecule has 9 nitrogen and oxygen atoms in total. The summed E-state index contributed by atoms with van der Waals surface area (Å²) in [6.45, 7) is 2.59. The van der Waals surface area contributed by atoms with Crippen molar-refractivity contribution >= 4 is 17.5 Å². The predicted octanol–water partition coefficient (Wildman–Crippen LogP) is 0.665. The zero-order chi connectivity index (χ0) is 19.1. The average molecular weight is 383 g/mol. The highest BCUT2D eigenvalue weighted by Gasteiger charge is 2.35. The first-order valence-electron chi connectivity index (χ1n) is 9.58. The van der Waals surface area contributed by atoms with Crippen LogP contribution in [-0.2, 0) is 29.1 Å². The van der Waals surface area contributed by atoms with Gasteiger partial charge in [0.1, 0.15) is 19.0 Å². The molecule has 1 N–H and O–H groups in total. The molecule has 2 aromatic rings. The maximum atomic E-state index is 12.6. The molecule has 2 amide bonds. The van der Waals surface area contributed by atoms with Gasteiger partial charge in [0.05, 0.1) is 12.5 Å². The predicted molar refractivity (Wildman–Crippen MR) is 98.1 cm³/mol. The third-order valence-electron chi connectivity index (χ3n) is 5.44. The van der Waals surface area contributed by atoms with Crippen molar-refractivity contribution in [2.75, 3.05) is 24.7 Å². The SMILES string of the molecule is O=C(NCc1nnc2n1CCC2)[C@@H]1CC(=O)N(c2ccc3c(c2)OCCO3)C1. The summed E-state index contributed by atoms with van der Waals surface area (Å²) in [6, 6.07) is 5.42. The van der Waals surface area contributed by atoms with Crippen molar-refractivity contribution in [3.8, 4) is 11.5 Å². The quantitative estimate of drug-likeness (QED) is 0.833. The fourth-order valence-electron chi connectivity index (χ4n) is 3.98. The van der Waals surface area contributed by atoms with Crippen LogP contribution in [0.25, 0.3) is 0 Å². The molecule has 1 aromatic heterocycles. The molecule has 0 unspecified atom stereocenters. The van der Waals surface area contributed by atoms with Gasteiger partial charge in [0.2, 0.25) is 11.8 Å². The number of benzene rings is 1. The zero-order valence-electron chi connectivity index (χ0n) is 15.4. The Kier molecular flexibility index (Phi) is 4.14. The highest BCUT2D eigenvalue weighted by Crippen LogP contribution is 2.36. The summed E-state index contributed by atoms with van der Waals surface area (Å²) < 4.78 is 13.2. The second kappa shape index (κ2) is 6.81. The average Bonchev–Trinajstić information content (AvgIpc) is 3.42. The van der Waals surface area contributed by atoms with E-state index in [4.69, 9.17) is 9.47 Å². The fraction of sp³-hybridized carbons (Fsp3) is 0.474. The lowest BCUT2D eigenvalue weighted by Crippen LogP contribution is -2.33. The Morgan fingerprint density at radius 2 is 2.07 bits per heavy atom. The molecule has 9 heteroatoms. The largest absolute Gasteiger partial charge is 0.486 e. The van der Waals surface area contributed by atoms with Crippen LogP contribution in [-0.4, -0.2) is 46.3 Å². The number of amides is 2. The first-order valence-corrected chi connectivity index (χ1v) is 9.58. The minimum Gasteiger partial charge on any atom is -0.486 e. The third-order valence-corrected chi connectivity index (χ3v) is 5.44. The lowest BCUT2D eigenvalue weighted by molar-refractivity contribution is -0.126. The zero-order valence-corrected chi connectivity index (χ0v) is 15.4. The van der Waals surface area contributed by atoms with E-state index in [1.165, 1.54) is 0 Å². The summed E-state index contributed by atoms with van der Waals surface area (Å²) in [4.78, 5) is 26.7. The number of aryl methyl sites for hydroxylation is 1. The van der Waals surface area contributed by atoms with Gasteiger partial charge in [-0.15, -0.1) is 10.2 Å². The number of anilines is 1. The lowest BCUT2D eigenvalue weighted by atomic mass is 10.1. The number of aromatic nitrogens is 3. The molecular weight excluding hydrogens is 362 g/mol. The van der Waals surface area contributed by atoms with Crippen LogP contribution in [0.3, 0.4) is 0 Å². The van der Waals surface area contributed by atoms with Gasteiger partial charge >= 0.3 is 0 Å². The number of nitrogens with one attached hydrogen (secondary N) is 1. The van der Waals surface area contributed by atoms with E-state index >= 15 is 0 Å². The Balaban J connectivity index is 1.24. The normalized spacial score (nSPS) is 20.4. The summed E-state index contributed by atoms with van der Waals surface area (Å²) >= 11 is 0.